The molecule has 0 saturated carbocycles. The van der Waals surface area contributed by atoms with Gasteiger partial charge >= 0.3 is 11.9 Å². The van der Waals surface area contributed by atoms with Gasteiger partial charge < -0.3 is 24.8 Å². The minimum Gasteiger partial charge on any atom is -0.443 e. The summed E-state index contributed by atoms with van der Waals surface area (Å²) in [6.45, 7) is 2.96. The Bertz CT molecular complexity index is 672. The fraction of sp³-hybridized carbons (Fsp3) is 0.625. The highest BCUT2D eigenvalue weighted by atomic mass is 32.1. The van der Waals surface area contributed by atoms with Crippen LogP contribution in [0.4, 0.5) is 0 Å². The summed E-state index contributed by atoms with van der Waals surface area (Å²) in [6.07, 6.45) is -4.61. The molecule has 0 aromatic rings. The lowest BCUT2D eigenvalue weighted by Crippen LogP contribution is -2.77. The number of aliphatic hydroxyl groups excluding tert-OH is 3. The average molecular weight is 406 g/mol. The maximum Gasteiger partial charge on any atom is 0.304 e. The molecule has 0 fully saturated rings. The van der Waals surface area contributed by atoms with Crippen LogP contribution in [0.2, 0.25) is 0 Å². The molecule has 0 saturated heterocycles. The molecular formula is C16H22O10S. The van der Waals surface area contributed by atoms with Gasteiger partial charge in [0.2, 0.25) is 5.60 Å². The van der Waals surface area contributed by atoms with E-state index in [1.54, 1.807) is 0 Å². The van der Waals surface area contributed by atoms with E-state index in [1.807, 2.05) is 0 Å². The third-order valence-electron chi connectivity index (χ3n) is 3.75. The van der Waals surface area contributed by atoms with Crippen LogP contribution in [0.1, 0.15) is 34.6 Å². The van der Waals surface area contributed by atoms with Crippen LogP contribution < -0.4 is 0 Å². The minimum absolute atomic E-state index is 0.764. The van der Waals surface area contributed by atoms with E-state index in [-0.39, 0.29) is 0 Å². The zero-order valence-corrected chi connectivity index (χ0v) is 16.3. The van der Waals surface area contributed by atoms with Gasteiger partial charge in [0.1, 0.15) is 17.1 Å². The van der Waals surface area contributed by atoms with Crippen LogP contribution in [0.5, 0.6) is 0 Å². The highest BCUT2D eigenvalue weighted by Crippen LogP contribution is 2.39. The molecule has 0 unspecified atom stereocenters. The van der Waals surface area contributed by atoms with Gasteiger partial charge in [0.05, 0.1) is 6.61 Å². The highest BCUT2D eigenvalue weighted by Gasteiger charge is 2.71. The molecule has 0 radical (unpaired) electrons. The van der Waals surface area contributed by atoms with Gasteiger partial charge in [-0.15, -0.1) is 0 Å². The Labute approximate surface area is 160 Å². The van der Waals surface area contributed by atoms with Crippen molar-refractivity contribution in [3.8, 4) is 0 Å². The molecule has 0 aromatic heterocycles. The number of Topliss-reactive ketones (excluding diaryl/α,β-unsaturated/α-hetero) is 3. The molecule has 152 valence electrons. The van der Waals surface area contributed by atoms with Crippen LogP contribution in [-0.2, 0) is 33.4 Å². The zero-order chi connectivity index (χ0) is 21.7. The number of hydrogen-bond acceptors (Lipinski definition) is 11. The Morgan fingerprint density at radius 1 is 0.889 bits per heavy atom. The number of carbonyl (C=O) groups excluding carboxylic acids is 5. The number of carbonyl (C=O) groups is 5. The van der Waals surface area contributed by atoms with E-state index in [2.05, 4.69) is 0 Å². The number of rotatable bonds is 10. The summed E-state index contributed by atoms with van der Waals surface area (Å²) in [5.41, 5.74) is -6.17. The van der Waals surface area contributed by atoms with Gasteiger partial charge in [0, 0.05) is 13.8 Å². The second kappa shape index (κ2) is 9.22. The lowest BCUT2D eigenvalue weighted by Gasteiger charge is -2.47. The van der Waals surface area contributed by atoms with Crippen LogP contribution in [0.25, 0.3) is 0 Å². The van der Waals surface area contributed by atoms with Crippen molar-refractivity contribution < 1.29 is 48.8 Å². The third kappa shape index (κ3) is 4.43. The smallest absolute Gasteiger partial charge is 0.304 e. The van der Waals surface area contributed by atoms with Gasteiger partial charge in [-0.1, -0.05) is 12.2 Å². The molecule has 0 bridgehead atoms. The van der Waals surface area contributed by atoms with Crippen molar-refractivity contribution in [2.24, 2.45) is 0 Å². The normalized spacial score (nSPS) is 17.5. The lowest BCUT2D eigenvalue weighted by molar-refractivity contribution is -0.226. The average Bonchev–Trinajstić information content (AvgIpc) is 2.54. The van der Waals surface area contributed by atoms with E-state index in [1.165, 1.54) is 0 Å². The molecule has 0 aliphatic heterocycles. The summed E-state index contributed by atoms with van der Waals surface area (Å²) in [5, 5.41) is 29.6. The molecule has 10 nitrogen and oxygen atoms in total. The molecule has 0 aliphatic rings. The monoisotopic (exact) mass is 406 g/mol. The molecule has 0 spiro atoms. The summed E-state index contributed by atoms with van der Waals surface area (Å²) in [7, 11) is 0. The quantitative estimate of drug-likeness (QED) is 0.284. The zero-order valence-electron chi connectivity index (χ0n) is 15.5. The van der Waals surface area contributed by atoms with E-state index in [0.717, 1.165) is 34.6 Å². The van der Waals surface area contributed by atoms with Crippen molar-refractivity contribution in [3.63, 3.8) is 0 Å². The maximum absolute atomic E-state index is 12.6. The topological polar surface area (TPSA) is 164 Å². The molecule has 0 rings (SSSR count). The fourth-order valence-electron chi connectivity index (χ4n) is 2.71. The molecule has 0 amide bonds. The molecule has 0 aromatic carbocycles. The Morgan fingerprint density at radius 3 is 1.59 bits per heavy atom. The minimum atomic E-state index is -3.12. The molecular weight excluding hydrogens is 384 g/mol. The van der Waals surface area contributed by atoms with Crippen LogP contribution in [0.3, 0.4) is 0 Å². The van der Waals surface area contributed by atoms with E-state index < -0.39 is 64.2 Å². The first kappa shape index (κ1) is 24.9. The van der Waals surface area contributed by atoms with E-state index in [4.69, 9.17) is 26.8 Å². The van der Waals surface area contributed by atoms with Crippen molar-refractivity contribution in [3.05, 3.63) is 0 Å². The summed E-state index contributed by atoms with van der Waals surface area (Å²) in [4.78, 5) is 59.6. The van der Waals surface area contributed by atoms with Crippen molar-refractivity contribution in [2.75, 3.05) is 6.61 Å². The third-order valence-corrected chi connectivity index (χ3v) is 4.33. The number of esters is 2. The Hall–Kier alpha value is -2.08. The summed E-state index contributed by atoms with van der Waals surface area (Å²) >= 11 is 4.92. The van der Waals surface area contributed by atoms with Gasteiger partial charge in [-0.25, -0.2) is 0 Å². The predicted octanol–water partition coefficient (Wildman–Crippen LogP) is -1.56. The second-order valence-corrected chi connectivity index (χ2v) is 6.20. The standard InChI is InChI=1S/C16H22O10S/c1-7(18)14(27)16(9(3)20,26-11(5)22)15(8(2)19,25-10(4)21)13(24)12(23)6-17/h12-13,17,23-24H,6H2,1-5H3/t12-,13-,15+,16+/m1/s1. The lowest BCUT2D eigenvalue weighted by atomic mass is 9.69. The van der Waals surface area contributed by atoms with Crippen LogP contribution >= 0.6 is 12.2 Å². The Balaban J connectivity index is 7.41. The van der Waals surface area contributed by atoms with Crippen molar-refractivity contribution in [1.82, 2.24) is 0 Å². The number of ether oxygens (including phenoxy) is 2. The summed E-state index contributed by atoms with van der Waals surface area (Å²) < 4.78 is 9.90. The van der Waals surface area contributed by atoms with Gasteiger partial charge in [0.15, 0.2) is 17.3 Å². The van der Waals surface area contributed by atoms with Crippen LogP contribution in [0.15, 0.2) is 0 Å². The first-order valence-electron chi connectivity index (χ1n) is 7.65. The number of ketones is 3. The van der Waals surface area contributed by atoms with Gasteiger partial charge in [-0.05, 0) is 20.8 Å². The highest BCUT2D eigenvalue weighted by molar-refractivity contribution is 7.82. The van der Waals surface area contributed by atoms with Crippen molar-refractivity contribution in [1.29, 1.82) is 0 Å². The van der Waals surface area contributed by atoms with Crippen molar-refractivity contribution in [2.45, 2.75) is 58.0 Å². The fourth-order valence-corrected chi connectivity index (χ4v) is 3.05. The maximum atomic E-state index is 12.6. The SMILES string of the molecule is CC(=O)O[C@@](C(C)=O)(C(=S)C(C)=O)[C@](OC(C)=O)(C(C)=O)[C@H](O)[C@H](O)CO. The van der Waals surface area contributed by atoms with E-state index >= 15 is 0 Å². The van der Waals surface area contributed by atoms with Gasteiger partial charge in [-0.2, -0.15) is 0 Å². The first-order chi connectivity index (χ1) is 12.2. The largest absolute Gasteiger partial charge is 0.443 e. The summed E-state index contributed by atoms with van der Waals surface area (Å²) in [5.74, 6) is -5.91. The molecule has 4 atom stereocenters. The number of thiocarbonyl (C=S) groups is 1. The van der Waals surface area contributed by atoms with Gasteiger partial charge in [-0.3, -0.25) is 24.0 Å². The molecule has 0 heterocycles. The van der Waals surface area contributed by atoms with E-state index in [0.29, 0.717) is 0 Å². The van der Waals surface area contributed by atoms with E-state index in [9.17, 15) is 34.2 Å². The summed E-state index contributed by atoms with van der Waals surface area (Å²) in [6, 6.07) is 0. The molecule has 27 heavy (non-hydrogen) atoms. The number of hydrogen-bond donors (Lipinski definition) is 3. The molecule has 11 heteroatoms. The van der Waals surface area contributed by atoms with Crippen molar-refractivity contribution >= 4 is 46.4 Å². The Kier molecular flexibility index (Phi) is 8.51. The molecule has 3 N–H and O–H groups in total. The second-order valence-electron chi connectivity index (χ2n) is 5.80. The number of aliphatic hydroxyl groups is 3. The van der Waals surface area contributed by atoms with Crippen LogP contribution in [0, 0.1) is 0 Å². The Morgan fingerprint density at radius 2 is 1.33 bits per heavy atom. The molecule has 0 aliphatic carbocycles. The van der Waals surface area contributed by atoms with Crippen LogP contribution in [-0.4, -0.2) is 79.5 Å². The van der Waals surface area contributed by atoms with Gasteiger partial charge in [0.25, 0.3) is 5.60 Å². The first-order valence-corrected chi connectivity index (χ1v) is 8.06. The predicted molar refractivity (Wildman–Crippen MR) is 92.7 cm³/mol.